The van der Waals surface area contributed by atoms with E-state index in [1.54, 1.807) is 24.6 Å². The number of carbonyl (C=O) groups is 1. The predicted molar refractivity (Wildman–Crippen MR) is 92.6 cm³/mol. The molecule has 2 N–H and O–H groups in total. The van der Waals surface area contributed by atoms with Crippen molar-refractivity contribution in [1.82, 2.24) is 10.3 Å². The van der Waals surface area contributed by atoms with E-state index in [-0.39, 0.29) is 11.9 Å². The van der Waals surface area contributed by atoms with Gasteiger partial charge in [0, 0.05) is 17.9 Å². The Hall–Kier alpha value is -3.08. The first-order valence-electron chi connectivity index (χ1n) is 7.80. The predicted octanol–water partition coefficient (Wildman–Crippen LogP) is 3.78. The number of pyridine rings is 1. The molecule has 0 fully saturated rings. The number of nitrogens with one attached hydrogen (secondary N) is 2. The average molecular weight is 321 g/mol. The van der Waals surface area contributed by atoms with Crippen LogP contribution in [0.5, 0.6) is 0 Å². The summed E-state index contributed by atoms with van der Waals surface area (Å²) in [6.07, 6.45) is 3.21. The van der Waals surface area contributed by atoms with Crippen LogP contribution in [0.3, 0.4) is 0 Å². The van der Waals surface area contributed by atoms with E-state index in [4.69, 9.17) is 4.42 Å². The third-order valence-corrected chi connectivity index (χ3v) is 3.68. The Morgan fingerprint density at radius 1 is 1.17 bits per heavy atom. The smallest absolute Gasteiger partial charge is 0.270 e. The zero-order chi connectivity index (χ0) is 16.8. The molecular weight excluding hydrogens is 302 g/mol. The van der Waals surface area contributed by atoms with Crippen molar-refractivity contribution in [3.63, 3.8) is 0 Å². The third-order valence-electron chi connectivity index (χ3n) is 3.68. The van der Waals surface area contributed by atoms with Crippen LogP contribution in [0.25, 0.3) is 0 Å². The number of amides is 1. The van der Waals surface area contributed by atoms with E-state index >= 15 is 0 Å². The Labute approximate surface area is 140 Å². The first kappa shape index (κ1) is 15.8. The number of nitrogens with zero attached hydrogens (tertiary/aromatic N) is 1. The lowest BCUT2D eigenvalue weighted by Gasteiger charge is -2.16. The van der Waals surface area contributed by atoms with Crippen molar-refractivity contribution in [2.24, 2.45) is 0 Å². The fourth-order valence-corrected chi connectivity index (χ4v) is 2.39. The third kappa shape index (κ3) is 4.01. The quantitative estimate of drug-likeness (QED) is 0.725. The van der Waals surface area contributed by atoms with Crippen molar-refractivity contribution in [3.05, 3.63) is 84.1 Å². The highest BCUT2D eigenvalue weighted by molar-refractivity contribution is 5.93. The van der Waals surface area contributed by atoms with E-state index in [9.17, 15) is 4.79 Å². The SMILES string of the molecule is CC(Nc1ccnc(C(=O)NCc2ccco2)c1)c1ccccc1. The van der Waals surface area contributed by atoms with Gasteiger partial charge in [0.15, 0.2) is 0 Å². The lowest BCUT2D eigenvalue weighted by Crippen LogP contribution is -2.23. The van der Waals surface area contributed by atoms with Gasteiger partial charge in [-0.1, -0.05) is 30.3 Å². The first-order chi connectivity index (χ1) is 11.7. The van der Waals surface area contributed by atoms with E-state index in [1.807, 2.05) is 30.3 Å². The fourth-order valence-electron chi connectivity index (χ4n) is 2.39. The number of hydrogen-bond donors (Lipinski definition) is 2. The molecule has 2 heterocycles. The number of anilines is 1. The largest absolute Gasteiger partial charge is 0.467 e. The van der Waals surface area contributed by atoms with Crippen molar-refractivity contribution in [1.29, 1.82) is 0 Å². The first-order valence-corrected chi connectivity index (χ1v) is 7.80. The monoisotopic (exact) mass is 321 g/mol. The molecule has 2 aromatic heterocycles. The maximum atomic E-state index is 12.2. The number of rotatable bonds is 6. The Balaban J connectivity index is 1.64. The van der Waals surface area contributed by atoms with Crippen molar-refractivity contribution >= 4 is 11.6 Å². The molecule has 0 saturated carbocycles. The van der Waals surface area contributed by atoms with E-state index in [2.05, 4.69) is 34.7 Å². The fraction of sp³-hybridized carbons (Fsp3) is 0.158. The molecule has 0 aliphatic rings. The van der Waals surface area contributed by atoms with Gasteiger partial charge in [0.05, 0.1) is 12.8 Å². The van der Waals surface area contributed by atoms with Crippen molar-refractivity contribution in [2.45, 2.75) is 19.5 Å². The molecule has 5 nitrogen and oxygen atoms in total. The summed E-state index contributed by atoms with van der Waals surface area (Å²) in [5.74, 6) is 0.470. The van der Waals surface area contributed by atoms with E-state index in [0.717, 1.165) is 5.69 Å². The molecule has 0 saturated heterocycles. The topological polar surface area (TPSA) is 67.2 Å². The minimum Gasteiger partial charge on any atom is -0.467 e. The highest BCUT2D eigenvalue weighted by Crippen LogP contribution is 2.19. The molecule has 0 aliphatic heterocycles. The van der Waals surface area contributed by atoms with Gasteiger partial charge in [-0.25, -0.2) is 0 Å². The number of aromatic nitrogens is 1. The maximum Gasteiger partial charge on any atom is 0.270 e. The molecule has 0 aliphatic carbocycles. The molecule has 24 heavy (non-hydrogen) atoms. The summed E-state index contributed by atoms with van der Waals surface area (Å²) in [6.45, 7) is 2.41. The second-order valence-corrected chi connectivity index (χ2v) is 5.47. The Kier molecular flexibility index (Phi) is 4.91. The van der Waals surface area contributed by atoms with Crippen LogP contribution in [-0.2, 0) is 6.54 Å². The number of hydrogen-bond acceptors (Lipinski definition) is 4. The van der Waals surface area contributed by atoms with Crippen LogP contribution in [0.15, 0.2) is 71.5 Å². The lowest BCUT2D eigenvalue weighted by molar-refractivity contribution is 0.0943. The van der Waals surface area contributed by atoms with E-state index in [0.29, 0.717) is 18.0 Å². The van der Waals surface area contributed by atoms with Gasteiger partial charge in [-0.2, -0.15) is 0 Å². The molecule has 1 aromatic carbocycles. The summed E-state index contributed by atoms with van der Waals surface area (Å²) in [4.78, 5) is 16.3. The molecule has 3 aromatic rings. The zero-order valence-electron chi connectivity index (χ0n) is 13.4. The van der Waals surface area contributed by atoms with Crippen LogP contribution in [0.2, 0.25) is 0 Å². The van der Waals surface area contributed by atoms with Crippen LogP contribution in [0.1, 0.15) is 34.8 Å². The van der Waals surface area contributed by atoms with E-state index < -0.39 is 0 Å². The van der Waals surface area contributed by atoms with E-state index in [1.165, 1.54) is 5.56 Å². The maximum absolute atomic E-state index is 12.2. The summed E-state index contributed by atoms with van der Waals surface area (Å²) < 4.78 is 5.20. The summed E-state index contributed by atoms with van der Waals surface area (Å²) in [7, 11) is 0. The minimum absolute atomic E-state index is 0.132. The second-order valence-electron chi connectivity index (χ2n) is 5.47. The molecule has 122 valence electrons. The van der Waals surface area contributed by atoms with Crippen molar-refractivity contribution in [3.8, 4) is 0 Å². The van der Waals surface area contributed by atoms with Crippen LogP contribution in [-0.4, -0.2) is 10.9 Å². The highest BCUT2D eigenvalue weighted by atomic mass is 16.3. The number of benzene rings is 1. The Morgan fingerprint density at radius 2 is 2.00 bits per heavy atom. The molecular formula is C19H19N3O2. The molecule has 5 heteroatoms. The van der Waals surface area contributed by atoms with Gasteiger partial charge < -0.3 is 15.1 Å². The van der Waals surface area contributed by atoms with Crippen molar-refractivity contribution < 1.29 is 9.21 Å². The highest BCUT2D eigenvalue weighted by Gasteiger charge is 2.10. The second kappa shape index (κ2) is 7.46. The normalized spacial score (nSPS) is 11.7. The van der Waals surface area contributed by atoms with Crippen LogP contribution >= 0.6 is 0 Å². The summed E-state index contributed by atoms with van der Waals surface area (Å²) in [5, 5.41) is 6.18. The van der Waals surface area contributed by atoms with Gasteiger partial charge in [0.25, 0.3) is 5.91 Å². The average Bonchev–Trinajstić information content (AvgIpc) is 3.14. The van der Waals surface area contributed by atoms with Gasteiger partial charge in [-0.05, 0) is 36.8 Å². The van der Waals surface area contributed by atoms with Crippen LogP contribution in [0, 0.1) is 0 Å². The number of carbonyl (C=O) groups excluding carboxylic acids is 1. The van der Waals surface area contributed by atoms with Gasteiger partial charge in [0.2, 0.25) is 0 Å². The molecule has 1 unspecified atom stereocenters. The minimum atomic E-state index is -0.234. The van der Waals surface area contributed by atoms with Gasteiger partial charge in [0.1, 0.15) is 11.5 Å². The summed E-state index contributed by atoms with van der Waals surface area (Å²) in [5.41, 5.74) is 2.40. The molecule has 1 amide bonds. The Bertz CT molecular complexity index is 785. The summed E-state index contributed by atoms with van der Waals surface area (Å²) >= 11 is 0. The standard InChI is InChI=1S/C19H19N3O2/c1-14(15-6-3-2-4-7-15)22-16-9-10-20-18(12-16)19(23)21-13-17-8-5-11-24-17/h2-12,14H,13H2,1H3,(H,20,22)(H,21,23). The number of furan rings is 1. The van der Waals surface area contributed by atoms with Crippen molar-refractivity contribution in [2.75, 3.05) is 5.32 Å². The van der Waals surface area contributed by atoms with Crippen LogP contribution < -0.4 is 10.6 Å². The van der Waals surface area contributed by atoms with Crippen LogP contribution in [0.4, 0.5) is 5.69 Å². The van der Waals surface area contributed by atoms with Gasteiger partial charge in [-0.15, -0.1) is 0 Å². The molecule has 0 spiro atoms. The molecule has 0 bridgehead atoms. The molecule has 3 rings (SSSR count). The molecule has 1 atom stereocenters. The lowest BCUT2D eigenvalue weighted by atomic mass is 10.1. The zero-order valence-corrected chi connectivity index (χ0v) is 13.4. The Morgan fingerprint density at radius 3 is 2.75 bits per heavy atom. The van der Waals surface area contributed by atoms with Gasteiger partial charge in [-0.3, -0.25) is 9.78 Å². The molecule has 0 radical (unpaired) electrons. The van der Waals surface area contributed by atoms with Gasteiger partial charge >= 0.3 is 0 Å². The summed E-state index contributed by atoms with van der Waals surface area (Å²) in [6, 6.07) is 17.5.